The molecule has 1 fully saturated rings. The van der Waals surface area contributed by atoms with Gasteiger partial charge in [0.15, 0.2) is 11.6 Å². The van der Waals surface area contributed by atoms with Crippen molar-refractivity contribution in [3.63, 3.8) is 0 Å². The molecule has 6 heteroatoms. The number of halogens is 2. The van der Waals surface area contributed by atoms with Crippen LogP contribution >= 0.6 is 0 Å². The van der Waals surface area contributed by atoms with Gasteiger partial charge in [-0.05, 0) is 64.4 Å². The minimum atomic E-state index is -0.852. The maximum absolute atomic E-state index is 13.7. The van der Waals surface area contributed by atoms with Crippen molar-refractivity contribution in [2.45, 2.75) is 52.1 Å². The second-order valence-corrected chi connectivity index (χ2v) is 7.60. The van der Waals surface area contributed by atoms with Gasteiger partial charge in [0.2, 0.25) is 0 Å². The molecule has 4 nitrogen and oxygen atoms in total. The first-order valence-electron chi connectivity index (χ1n) is 9.44. The molecular weight excluding hydrogens is 348 g/mol. The van der Waals surface area contributed by atoms with Crippen LogP contribution in [0.5, 0.6) is 0 Å². The van der Waals surface area contributed by atoms with E-state index in [-0.39, 0.29) is 23.9 Å². The standard InChI is InChI=1S/C21H27F2N3O/c1-12(2)26-13(3)9-17(14(26)4)21(27)25-20-11-24-8-7-16(20)15-5-6-18(22)19(23)10-15/h5-6,9-10,12,16,20,24H,7-8,11H2,1-4H3,(H,25,27). The van der Waals surface area contributed by atoms with Gasteiger partial charge in [-0.2, -0.15) is 0 Å². The molecule has 1 aliphatic rings. The van der Waals surface area contributed by atoms with E-state index in [1.165, 1.54) is 6.07 Å². The summed E-state index contributed by atoms with van der Waals surface area (Å²) in [6.45, 7) is 9.50. The van der Waals surface area contributed by atoms with E-state index in [1.54, 1.807) is 6.07 Å². The molecule has 2 N–H and O–H groups in total. The van der Waals surface area contributed by atoms with Gasteiger partial charge in [-0.3, -0.25) is 4.79 Å². The van der Waals surface area contributed by atoms with Gasteiger partial charge in [0.1, 0.15) is 0 Å². The number of rotatable bonds is 4. The molecule has 2 atom stereocenters. The lowest BCUT2D eigenvalue weighted by molar-refractivity contribution is 0.0923. The van der Waals surface area contributed by atoms with Crippen LogP contribution in [-0.2, 0) is 0 Å². The van der Waals surface area contributed by atoms with Gasteiger partial charge in [0, 0.05) is 35.9 Å². The summed E-state index contributed by atoms with van der Waals surface area (Å²) in [4.78, 5) is 12.9. The molecule has 27 heavy (non-hydrogen) atoms. The third kappa shape index (κ3) is 3.90. The Balaban J connectivity index is 1.83. The van der Waals surface area contributed by atoms with E-state index in [0.29, 0.717) is 17.7 Å². The van der Waals surface area contributed by atoms with Crippen LogP contribution in [0.3, 0.4) is 0 Å². The quantitative estimate of drug-likeness (QED) is 0.853. The van der Waals surface area contributed by atoms with E-state index in [1.807, 2.05) is 19.9 Å². The van der Waals surface area contributed by atoms with Crippen molar-refractivity contribution in [3.05, 3.63) is 58.4 Å². The average molecular weight is 375 g/mol. The van der Waals surface area contributed by atoms with Crippen LogP contribution in [0.15, 0.2) is 24.3 Å². The number of benzene rings is 1. The number of carbonyl (C=O) groups excluding carboxylic acids is 1. The zero-order valence-electron chi connectivity index (χ0n) is 16.3. The van der Waals surface area contributed by atoms with Crippen molar-refractivity contribution in [2.75, 3.05) is 13.1 Å². The van der Waals surface area contributed by atoms with Crippen molar-refractivity contribution < 1.29 is 13.6 Å². The van der Waals surface area contributed by atoms with E-state index >= 15 is 0 Å². The van der Waals surface area contributed by atoms with Crippen LogP contribution in [0.25, 0.3) is 0 Å². The van der Waals surface area contributed by atoms with Crippen molar-refractivity contribution in [2.24, 2.45) is 0 Å². The molecule has 1 amide bonds. The largest absolute Gasteiger partial charge is 0.347 e. The maximum atomic E-state index is 13.7. The molecule has 0 bridgehead atoms. The summed E-state index contributed by atoms with van der Waals surface area (Å²) in [5.41, 5.74) is 3.36. The van der Waals surface area contributed by atoms with Gasteiger partial charge in [-0.1, -0.05) is 6.07 Å². The highest BCUT2D eigenvalue weighted by molar-refractivity contribution is 5.96. The molecule has 2 heterocycles. The van der Waals surface area contributed by atoms with Gasteiger partial charge in [-0.15, -0.1) is 0 Å². The molecule has 2 unspecified atom stereocenters. The molecule has 0 spiro atoms. The molecule has 3 rings (SSSR count). The highest BCUT2D eigenvalue weighted by atomic mass is 19.2. The average Bonchev–Trinajstić information content (AvgIpc) is 2.92. The van der Waals surface area contributed by atoms with Crippen LogP contribution in [-0.4, -0.2) is 29.6 Å². The smallest absolute Gasteiger partial charge is 0.253 e. The zero-order chi connectivity index (χ0) is 19.7. The summed E-state index contributed by atoms with van der Waals surface area (Å²) < 4.78 is 29.1. The highest BCUT2D eigenvalue weighted by Gasteiger charge is 2.29. The monoisotopic (exact) mass is 375 g/mol. The number of hydrogen-bond acceptors (Lipinski definition) is 2. The molecule has 0 aliphatic carbocycles. The third-order valence-corrected chi connectivity index (χ3v) is 5.42. The van der Waals surface area contributed by atoms with Gasteiger partial charge in [0.25, 0.3) is 5.91 Å². The van der Waals surface area contributed by atoms with Crippen molar-refractivity contribution in [1.29, 1.82) is 0 Å². The number of amides is 1. The number of aromatic nitrogens is 1. The fourth-order valence-corrected chi connectivity index (χ4v) is 4.20. The van der Waals surface area contributed by atoms with Crippen LogP contribution in [0.2, 0.25) is 0 Å². The van der Waals surface area contributed by atoms with E-state index in [2.05, 4.69) is 29.0 Å². The molecule has 146 valence electrons. The summed E-state index contributed by atoms with van der Waals surface area (Å²) in [5.74, 6) is -1.89. The Kier molecular flexibility index (Phi) is 5.65. The Morgan fingerprint density at radius 3 is 2.59 bits per heavy atom. The number of carbonyl (C=O) groups is 1. The van der Waals surface area contributed by atoms with E-state index in [0.717, 1.165) is 30.4 Å². The number of aryl methyl sites for hydroxylation is 1. The fraction of sp³-hybridized carbons (Fsp3) is 0.476. The maximum Gasteiger partial charge on any atom is 0.253 e. The number of hydrogen-bond donors (Lipinski definition) is 2. The molecule has 1 aliphatic heterocycles. The molecule has 1 aromatic carbocycles. The van der Waals surface area contributed by atoms with E-state index in [4.69, 9.17) is 0 Å². The lowest BCUT2D eigenvalue weighted by Gasteiger charge is -2.33. The summed E-state index contributed by atoms with van der Waals surface area (Å²) >= 11 is 0. The summed E-state index contributed by atoms with van der Waals surface area (Å²) in [6.07, 6.45) is 0.751. The van der Waals surface area contributed by atoms with Crippen LogP contribution in [0.1, 0.15) is 59.5 Å². The first kappa shape index (κ1) is 19.5. The van der Waals surface area contributed by atoms with Gasteiger partial charge in [-0.25, -0.2) is 8.78 Å². The topological polar surface area (TPSA) is 46.1 Å². The summed E-state index contributed by atoms with van der Waals surface area (Å²) in [7, 11) is 0. The Morgan fingerprint density at radius 1 is 1.22 bits per heavy atom. The van der Waals surface area contributed by atoms with E-state index < -0.39 is 11.6 Å². The summed E-state index contributed by atoms with van der Waals surface area (Å²) in [5, 5.41) is 6.39. The lowest BCUT2D eigenvalue weighted by Crippen LogP contribution is -2.50. The van der Waals surface area contributed by atoms with Gasteiger partial charge >= 0.3 is 0 Å². The number of piperidine rings is 1. The highest BCUT2D eigenvalue weighted by Crippen LogP contribution is 2.28. The predicted molar refractivity (Wildman–Crippen MR) is 102 cm³/mol. The number of nitrogens with zero attached hydrogens (tertiary/aromatic N) is 1. The first-order chi connectivity index (χ1) is 12.8. The van der Waals surface area contributed by atoms with Gasteiger partial charge < -0.3 is 15.2 Å². The van der Waals surface area contributed by atoms with Crippen molar-refractivity contribution >= 4 is 5.91 Å². The minimum Gasteiger partial charge on any atom is -0.347 e. The van der Waals surface area contributed by atoms with Crippen LogP contribution in [0.4, 0.5) is 8.78 Å². The van der Waals surface area contributed by atoms with Crippen LogP contribution < -0.4 is 10.6 Å². The zero-order valence-corrected chi connectivity index (χ0v) is 16.3. The molecule has 0 saturated carbocycles. The molecule has 2 aromatic rings. The molecular formula is C21H27F2N3O. The Bertz CT molecular complexity index is 844. The van der Waals surface area contributed by atoms with Gasteiger partial charge in [0.05, 0.1) is 5.56 Å². The Labute approximate surface area is 159 Å². The second-order valence-electron chi connectivity index (χ2n) is 7.60. The van der Waals surface area contributed by atoms with Crippen molar-refractivity contribution in [3.8, 4) is 0 Å². The molecule has 1 saturated heterocycles. The van der Waals surface area contributed by atoms with Crippen LogP contribution in [0, 0.1) is 25.5 Å². The first-order valence-corrected chi connectivity index (χ1v) is 9.44. The normalized spacial score (nSPS) is 20.1. The molecule has 1 aromatic heterocycles. The minimum absolute atomic E-state index is 0.0566. The SMILES string of the molecule is Cc1cc(C(=O)NC2CNCCC2c2ccc(F)c(F)c2)c(C)n1C(C)C. The van der Waals surface area contributed by atoms with Crippen molar-refractivity contribution in [1.82, 2.24) is 15.2 Å². The number of nitrogens with one attached hydrogen (secondary N) is 2. The molecule has 0 radical (unpaired) electrons. The fourth-order valence-electron chi connectivity index (χ4n) is 4.20. The Morgan fingerprint density at radius 2 is 1.96 bits per heavy atom. The lowest BCUT2D eigenvalue weighted by atomic mass is 9.85. The second kappa shape index (κ2) is 7.80. The van der Waals surface area contributed by atoms with E-state index in [9.17, 15) is 13.6 Å². The predicted octanol–water partition coefficient (Wildman–Crippen LogP) is 3.84. The Hall–Kier alpha value is -2.21. The summed E-state index contributed by atoms with van der Waals surface area (Å²) in [6, 6.07) is 6.01. The third-order valence-electron chi connectivity index (χ3n) is 5.42.